The highest BCUT2D eigenvalue weighted by Crippen LogP contribution is 2.18. The van der Waals surface area contributed by atoms with E-state index in [1.807, 2.05) is 11.8 Å². The molecule has 6 heteroatoms. The van der Waals surface area contributed by atoms with Crippen LogP contribution in [0.3, 0.4) is 0 Å². The summed E-state index contributed by atoms with van der Waals surface area (Å²) in [4.78, 5) is 4.57. The number of azide groups is 1. The number of aliphatic hydroxyl groups is 1. The molecule has 1 aliphatic rings. The summed E-state index contributed by atoms with van der Waals surface area (Å²) < 4.78 is 5.24. The van der Waals surface area contributed by atoms with E-state index in [1.54, 1.807) is 0 Å². The van der Waals surface area contributed by atoms with E-state index < -0.39 is 6.10 Å². The zero-order valence-corrected chi connectivity index (χ0v) is 8.83. The molecule has 6 nitrogen and oxygen atoms in total. The highest BCUT2D eigenvalue weighted by Gasteiger charge is 2.27. The molecule has 1 rings (SSSR count). The summed E-state index contributed by atoms with van der Waals surface area (Å²) in [5.74, 6) is 0.566. The predicted octanol–water partition coefficient (Wildman–Crippen LogP) is 1.24. The van der Waals surface area contributed by atoms with Crippen molar-refractivity contribution in [3.63, 3.8) is 0 Å². The predicted molar refractivity (Wildman–Crippen MR) is 55.9 cm³/mol. The molecule has 1 fully saturated rings. The molecule has 0 aromatic carbocycles. The van der Waals surface area contributed by atoms with Crippen molar-refractivity contribution < 1.29 is 9.84 Å². The van der Waals surface area contributed by atoms with E-state index in [9.17, 15) is 5.11 Å². The van der Waals surface area contributed by atoms with Crippen LogP contribution in [0.15, 0.2) is 17.6 Å². The van der Waals surface area contributed by atoms with Gasteiger partial charge in [0, 0.05) is 18.0 Å². The Morgan fingerprint density at radius 1 is 1.80 bits per heavy atom. The van der Waals surface area contributed by atoms with Gasteiger partial charge in [-0.2, -0.15) is 0 Å². The molecule has 0 saturated carbocycles. The van der Waals surface area contributed by atoms with Crippen LogP contribution in [0.1, 0.15) is 13.3 Å². The van der Waals surface area contributed by atoms with Gasteiger partial charge >= 0.3 is 0 Å². The van der Waals surface area contributed by atoms with Gasteiger partial charge in [0.1, 0.15) is 0 Å². The molecule has 0 spiro atoms. The summed E-state index contributed by atoms with van der Waals surface area (Å²) in [6.45, 7) is 7.31. The summed E-state index contributed by atoms with van der Waals surface area (Å²) in [5.41, 5.74) is 8.29. The van der Waals surface area contributed by atoms with Crippen LogP contribution in [0.4, 0.5) is 0 Å². The molecule has 0 bridgehead atoms. The van der Waals surface area contributed by atoms with Crippen LogP contribution >= 0.6 is 0 Å². The lowest BCUT2D eigenvalue weighted by molar-refractivity contribution is 0.0301. The summed E-state index contributed by atoms with van der Waals surface area (Å²) in [7, 11) is 0. The van der Waals surface area contributed by atoms with Crippen molar-refractivity contribution in [3.8, 4) is 0 Å². The minimum absolute atomic E-state index is 0.333. The van der Waals surface area contributed by atoms with E-state index in [2.05, 4.69) is 16.6 Å². The van der Waals surface area contributed by atoms with E-state index in [0.717, 1.165) is 0 Å². The second kappa shape index (κ2) is 5.48. The lowest BCUT2D eigenvalue weighted by atomic mass is 10.0. The maximum absolute atomic E-state index is 9.68. The molecular weight excluding hydrogens is 196 g/mol. The number of rotatable bonds is 4. The van der Waals surface area contributed by atoms with Crippen LogP contribution in [0.2, 0.25) is 0 Å². The van der Waals surface area contributed by atoms with E-state index in [4.69, 9.17) is 10.3 Å². The van der Waals surface area contributed by atoms with Crippen LogP contribution < -0.4 is 0 Å². The highest BCUT2D eigenvalue weighted by molar-refractivity contribution is 4.93. The molecule has 1 N–H and O–H groups in total. The van der Waals surface area contributed by atoms with Crippen LogP contribution in [0.25, 0.3) is 10.4 Å². The first-order valence-electron chi connectivity index (χ1n) is 4.98. The number of hydrogen-bond acceptors (Lipinski definition) is 4. The van der Waals surface area contributed by atoms with Crippen molar-refractivity contribution in [2.45, 2.75) is 25.5 Å². The normalized spacial score (nSPS) is 25.6. The second-order valence-corrected chi connectivity index (χ2v) is 3.40. The molecule has 15 heavy (non-hydrogen) atoms. The van der Waals surface area contributed by atoms with Gasteiger partial charge < -0.3 is 14.7 Å². The maximum Gasteiger partial charge on any atom is 0.181 e. The maximum atomic E-state index is 9.68. The summed E-state index contributed by atoms with van der Waals surface area (Å²) >= 11 is 0. The lowest BCUT2D eigenvalue weighted by Crippen LogP contribution is -2.45. The fourth-order valence-electron chi connectivity index (χ4n) is 1.60. The number of aliphatic hydroxyl groups excluding tert-OH is 1. The van der Waals surface area contributed by atoms with Crippen molar-refractivity contribution in [2.24, 2.45) is 5.11 Å². The van der Waals surface area contributed by atoms with Gasteiger partial charge in [-0.05, 0) is 25.5 Å². The Morgan fingerprint density at radius 3 is 3.07 bits per heavy atom. The van der Waals surface area contributed by atoms with Crippen LogP contribution in [-0.2, 0) is 4.74 Å². The Kier molecular flexibility index (Phi) is 4.27. The molecule has 1 saturated heterocycles. The number of ether oxygens (including phenoxy) is 1. The van der Waals surface area contributed by atoms with Gasteiger partial charge in [0.2, 0.25) is 0 Å². The number of nitrogens with zero attached hydrogens (tertiary/aromatic N) is 4. The third kappa shape index (κ3) is 3.04. The largest absolute Gasteiger partial charge is 0.480 e. The van der Waals surface area contributed by atoms with Gasteiger partial charge in [-0.3, -0.25) is 0 Å². The summed E-state index contributed by atoms with van der Waals surface area (Å²) in [5, 5.41) is 13.2. The number of piperidine rings is 1. The summed E-state index contributed by atoms with van der Waals surface area (Å²) in [6.07, 6.45) is -0.0241. The zero-order valence-electron chi connectivity index (χ0n) is 8.83. The lowest BCUT2D eigenvalue weighted by Gasteiger charge is -2.35. The first kappa shape index (κ1) is 11.7. The molecule has 1 heterocycles. The number of hydrogen-bond donors (Lipinski definition) is 1. The van der Waals surface area contributed by atoms with E-state index in [0.29, 0.717) is 32.0 Å². The summed E-state index contributed by atoms with van der Waals surface area (Å²) in [6, 6.07) is -0.333. The van der Waals surface area contributed by atoms with Crippen LogP contribution in [0.5, 0.6) is 0 Å². The standard InChI is InChI=1S/C9H16N4O2/c1-3-15-7(2)13-5-4-8(11-12-10)9(14)6-13/h8-9,14H,2-6H2,1H3/t8-,9+/m1/s1. The molecule has 2 atom stereocenters. The van der Waals surface area contributed by atoms with Crippen molar-refractivity contribution in [1.29, 1.82) is 0 Å². The Balaban J connectivity index is 2.50. The molecular formula is C9H16N4O2. The van der Waals surface area contributed by atoms with Gasteiger partial charge in [0.25, 0.3) is 0 Å². The van der Waals surface area contributed by atoms with Crippen molar-refractivity contribution >= 4 is 0 Å². The Labute approximate surface area is 88.8 Å². The van der Waals surface area contributed by atoms with Crippen molar-refractivity contribution in [2.75, 3.05) is 19.7 Å². The topological polar surface area (TPSA) is 81.5 Å². The van der Waals surface area contributed by atoms with Gasteiger partial charge in [-0.15, -0.1) is 0 Å². The third-order valence-corrected chi connectivity index (χ3v) is 2.41. The first-order chi connectivity index (χ1) is 7.19. The smallest absolute Gasteiger partial charge is 0.181 e. The van der Waals surface area contributed by atoms with Crippen molar-refractivity contribution in [1.82, 2.24) is 4.90 Å². The van der Waals surface area contributed by atoms with E-state index >= 15 is 0 Å². The zero-order chi connectivity index (χ0) is 11.3. The average molecular weight is 212 g/mol. The van der Waals surface area contributed by atoms with Gasteiger partial charge in [0.05, 0.1) is 18.8 Å². The second-order valence-electron chi connectivity index (χ2n) is 3.40. The van der Waals surface area contributed by atoms with E-state index in [-0.39, 0.29) is 6.04 Å². The van der Waals surface area contributed by atoms with Gasteiger partial charge in [-0.25, -0.2) is 0 Å². The number of likely N-dealkylation sites (tertiary alicyclic amines) is 1. The molecule has 0 aromatic rings. The Morgan fingerprint density at radius 2 is 2.53 bits per heavy atom. The fraction of sp³-hybridized carbons (Fsp3) is 0.778. The Hall–Kier alpha value is -1.39. The molecule has 84 valence electrons. The number of β-amino-alcohol motifs (C(OH)–C–C–N with tert-alkyl or cyclic N) is 1. The first-order valence-corrected chi connectivity index (χ1v) is 4.98. The monoisotopic (exact) mass is 212 g/mol. The molecule has 0 radical (unpaired) electrons. The van der Waals surface area contributed by atoms with Gasteiger partial charge in [-0.1, -0.05) is 5.11 Å². The molecule has 0 unspecified atom stereocenters. The van der Waals surface area contributed by atoms with Crippen molar-refractivity contribution in [3.05, 3.63) is 22.9 Å². The third-order valence-electron chi connectivity index (χ3n) is 2.41. The van der Waals surface area contributed by atoms with Gasteiger partial charge in [0.15, 0.2) is 5.88 Å². The molecule has 0 aromatic heterocycles. The van der Waals surface area contributed by atoms with E-state index in [1.165, 1.54) is 0 Å². The minimum atomic E-state index is -0.646. The molecule has 0 aliphatic carbocycles. The molecule has 0 amide bonds. The minimum Gasteiger partial charge on any atom is -0.480 e. The van der Waals surface area contributed by atoms with Crippen LogP contribution in [-0.4, -0.2) is 41.8 Å². The van der Waals surface area contributed by atoms with Crippen LogP contribution in [0, 0.1) is 0 Å². The average Bonchev–Trinajstić information content (AvgIpc) is 2.21. The molecule has 1 aliphatic heterocycles. The Bertz CT molecular complexity index is 275. The fourth-order valence-corrected chi connectivity index (χ4v) is 1.60. The quantitative estimate of drug-likeness (QED) is 0.329. The highest BCUT2D eigenvalue weighted by atomic mass is 16.5. The SMILES string of the molecule is C=C(OCC)N1CC[C@@H](N=[N+]=[N-])[C@@H](O)C1.